The van der Waals surface area contributed by atoms with Gasteiger partial charge in [0.1, 0.15) is 13.2 Å². The van der Waals surface area contributed by atoms with E-state index >= 15 is 0 Å². The molecule has 5 nitrogen and oxygen atoms in total. The average Bonchev–Trinajstić information content (AvgIpc) is 2.95. The van der Waals surface area contributed by atoms with Crippen molar-refractivity contribution in [3.63, 3.8) is 0 Å². The molecule has 0 amide bonds. The fourth-order valence-corrected chi connectivity index (χ4v) is 2.79. The highest BCUT2D eigenvalue weighted by Gasteiger charge is 2.14. The lowest BCUT2D eigenvalue weighted by molar-refractivity contribution is 0.172. The molecule has 7 heteroatoms. The van der Waals surface area contributed by atoms with Gasteiger partial charge in [0.15, 0.2) is 11.5 Å². The SMILES string of the molecule is Clc1ccc(CNc2nc3cc4c(cc3[nH]2)OCCO4)cc1Cl. The Kier molecular flexibility index (Phi) is 3.67. The predicted molar refractivity (Wildman–Crippen MR) is 90.9 cm³/mol. The molecule has 4 rings (SSSR count). The number of halogens is 2. The Morgan fingerprint density at radius 1 is 1.04 bits per heavy atom. The van der Waals surface area contributed by atoms with Gasteiger partial charge in [-0.2, -0.15) is 0 Å². The maximum absolute atomic E-state index is 6.02. The summed E-state index contributed by atoms with van der Waals surface area (Å²) in [6, 6.07) is 9.32. The van der Waals surface area contributed by atoms with Crippen molar-refractivity contribution in [1.82, 2.24) is 9.97 Å². The molecule has 23 heavy (non-hydrogen) atoms. The molecule has 2 aromatic carbocycles. The molecule has 0 spiro atoms. The van der Waals surface area contributed by atoms with Crippen molar-refractivity contribution in [3.8, 4) is 11.5 Å². The second-order valence-electron chi connectivity index (χ2n) is 5.20. The fraction of sp³-hybridized carbons (Fsp3) is 0.188. The summed E-state index contributed by atoms with van der Waals surface area (Å²) >= 11 is 11.9. The molecule has 0 unspecified atom stereocenters. The number of imidazole rings is 1. The van der Waals surface area contributed by atoms with Crippen LogP contribution >= 0.6 is 23.2 Å². The largest absolute Gasteiger partial charge is 0.486 e. The first-order chi connectivity index (χ1) is 11.2. The molecule has 0 saturated carbocycles. The monoisotopic (exact) mass is 349 g/mol. The Morgan fingerprint density at radius 3 is 2.61 bits per heavy atom. The number of aromatic nitrogens is 2. The third-order valence-electron chi connectivity index (χ3n) is 3.59. The molecule has 0 atom stereocenters. The number of nitrogens with one attached hydrogen (secondary N) is 2. The van der Waals surface area contributed by atoms with Crippen LogP contribution < -0.4 is 14.8 Å². The molecular weight excluding hydrogens is 337 g/mol. The zero-order valence-electron chi connectivity index (χ0n) is 12.0. The second kappa shape index (κ2) is 5.83. The number of nitrogens with zero attached hydrogens (tertiary/aromatic N) is 1. The highest BCUT2D eigenvalue weighted by molar-refractivity contribution is 6.42. The molecule has 2 heterocycles. The summed E-state index contributed by atoms with van der Waals surface area (Å²) < 4.78 is 11.1. The van der Waals surface area contributed by atoms with E-state index in [0.29, 0.717) is 35.8 Å². The smallest absolute Gasteiger partial charge is 0.201 e. The molecule has 2 N–H and O–H groups in total. The van der Waals surface area contributed by atoms with Crippen molar-refractivity contribution in [2.45, 2.75) is 6.54 Å². The van der Waals surface area contributed by atoms with E-state index in [-0.39, 0.29) is 0 Å². The topological polar surface area (TPSA) is 59.2 Å². The van der Waals surface area contributed by atoms with E-state index in [1.54, 1.807) is 6.07 Å². The van der Waals surface area contributed by atoms with Crippen LogP contribution in [-0.4, -0.2) is 23.2 Å². The lowest BCUT2D eigenvalue weighted by atomic mass is 10.2. The summed E-state index contributed by atoms with van der Waals surface area (Å²) in [6.07, 6.45) is 0. The van der Waals surface area contributed by atoms with Crippen LogP contribution in [0.3, 0.4) is 0 Å². The number of ether oxygens (including phenoxy) is 2. The van der Waals surface area contributed by atoms with Gasteiger partial charge in [-0.15, -0.1) is 0 Å². The lowest BCUT2D eigenvalue weighted by Crippen LogP contribution is -2.15. The van der Waals surface area contributed by atoms with Gasteiger partial charge in [-0.05, 0) is 17.7 Å². The van der Waals surface area contributed by atoms with Gasteiger partial charge < -0.3 is 19.8 Å². The molecule has 1 aliphatic heterocycles. The summed E-state index contributed by atoms with van der Waals surface area (Å²) in [4.78, 5) is 7.74. The Bertz CT molecular complexity index is 836. The van der Waals surface area contributed by atoms with Gasteiger partial charge in [-0.25, -0.2) is 4.98 Å². The molecule has 0 saturated heterocycles. The van der Waals surface area contributed by atoms with Crippen molar-refractivity contribution in [1.29, 1.82) is 0 Å². The van der Waals surface area contributed by atoms with Crippen LogP contribution in [0.2, 0.25) is 10.0 Å². The van der Waals surface area contributed by atoms with E-state index in [2.05, 4.69) is 15.3 Å². The molecular formula is C16H13Cl2N3O2. The summed E-state index contributed by atoms with van der Waals surface area (Å²) in [5, 5.41) is 4.32. The van der Waals surface area contributed by atoms with E-state index in [1.807, 2.05) is 24.3 Å². The van der Waals surface area contributed by atoms with Gasteiger partial charge in [0.05, 0.1) is 21.1 Å². The fourth-order valence-electron chi connectivity index (χ4n) is 2.47. The zero-order valence-corrected chi connectivity index (χ0v) is 13.5. The van der Waals surface area contributed by atoms with E-state index in [9.17, 15) is 0 Å². The van der Waals surface area contributed by atoms with E-state index in [0.717, 1.165) is 28.1 Å². The van der Waals surface area contributed by atoms with Crippen molar-refractivity contribution in [2.24, 2.45) is 0 Å². The minimum Gasteiger partial charge on any atom is -0.486 e. The molecule has 0 radical (unpaired) electrons. The first kappa shape index (κ1) is 14.5. The number of benzene rings is 2. The van der Waals surface area contributed by atoms with Crippen LogP contribution in [0.4, 0.5) is 5.95 Å². The quantitative estimate of drug-likeness (QED) is 0.741. The Morgan fingerprint density at radius 2 is 1.83 bits per heavy atom. The van der Waals surface area contributed by atoms with Crippen LogP contribution in [0.1, 0.15) is 5.56 Å². The normalized spacial score (nSPS) is 13.3. The summed E-state index contributed by atoms with van der Waals surface area (Å²) in [5.41, 5.74) is 2.74. The minimum absolute atomic E-state index is 0.539. The molecule has 0 fully saturated rings. The van der Waals surface area contributed by atoms with E-state index < -0.39 is 0 Å². The van der Waals surface area contributed by atoms with Gasteiger partial charge in [0, 0.05) is 18.7 Å². The number of fused-ring (bicyclic) bond motifs is 2. The molecule has 1 aliphatic rings. The molecule has 118 valence electrons. The number of hydrogen-bond donors (Lipinski definition) is 2. The first-order valence-electron chi connectivity index (χ1n) is 7.16. The van der Waals surface area contributed by atoms with Crippen LogP contribution in [0.5, 0.6) is 11.5 Å². The molecule has 0 aliphatic carbocycles. The van der Waals surface area contributed by atoms with Crippen LogP contribution in [0.25, 0.3) is 11.0 Å². The highest BCUT2D eigenvalue weighted by atomic mass is 35.5. The van der Waals surface area contributed by atoms with Crippen LogP contribution in [0.15, 0.2) is 30.3 Å². The second-order valence-corrected chi connectivity index (χ2v) is 6.01. The van der Waals surface area contributed by atoms with Gasteiger partial charge in [-0.1, -0.05) is 29.3 Å². The predicted octanol–water partition coefficient (Wildman–Crippen LogP) is 4.25. The molecule has 0 bridgehead atoms. The van der Waals surface area contributed by atoms with Gasteiger partial charge in [0.25, 0.3) is 0 Å². The van der Waals surface area contributed by atoms with Gasteiger partial charge >= 0.3 is 0 Å². The number of hydrogen-bond acceptors (Lipinski definition) is 4. The Hall–Kier alpha value is -2.11. The number of rotatable bonds is 3. The van der Waals surface area contributed by atoms with E-state index in [4.69, 9.17) is 32.7 Å². The standard InChI is InChI=1S/C16H13Cl2N3O2/c17-10-2-1-9(5-11(10)18)8-19-16-20-12-6-14-15(7-13(12)21-16)23-4-3-22-14/h1-2,5-7H,3-4,8H2,(H2,19,20,21). The molecule has 1 aromatic heterocycles. The maximum Gasteiger partial charge on any atom is 0.201 e. The van der Waals surface area contributed by atoms with Gasteiger partial charge in [-0.3, -0.25) is 0 Å². The van der Waals surface area contributed by atoms with Crippen molar-refractivity contribution in [2.75, 3.05) is 18.5 Å². The van der Waals surface area contributed by atoms with Crippen LogP contribution in [0, 0.1) is 0 Å². The minimum atomic E-state index is 0.539. The van der Waals surface area contributed by atoms with Crippen molar-refractivity contribution in [3.05, 3.63) is 45.9 Å². The third kappa shape index (κ3) is 2.90. The van der Waals surface area contributed by atoms with Crippen LogP contribution in [-0.2, 0) is 6.54 Å². The number of H-pyrrole nitrogens is 1. The number of anilines is 1. The van der Waals surface area contributed by atoms with Crippen molar-refractivity contribution >= 4 is 40.2 Å². The zero-order chi connectivity index (χ0) is 15.8. The van der Waals surface area contributed by atoms with Crippen molar-refractivity contribution < 1.29 is 9.47 Å². The third-order valence-corrected chi connectivity index (χ3v) is 4.33. The summed E-state index contributed by atoms with van der Waals surface area (Å²) in [7, 11) is 0. The number of aromatic amines is 1. The lowest BCUT2D eigenvalue weighted by Gasteiger charge is -2.17. The Balaban J connectivity index is 1.55. The first-order valence-corrected chi connectivity index (χ1v) is 7.92. The summed E-state index contributed by atoms with van der Waals surface area (Å²) in [5.74, 6) is 2.14. The van der Waals surface area contributed by atoms with E-state index in [1.165, 1.54) is 0 Å². The average molecular weight is 350 g/mol. The van der Waals surface area contributed by atoms with Gasteiger partial charge in [0.2, 0.25) is 5.95 Å². The Labute approximate surface area is 142 Å². The highest BCUT2D eigenvalue weighted by Crippen LogP contribution is 2.34. The summed E-state index contributed by atoms with van der Waals surface area (Å²) in [6.45, 7) is 1.71. The molecule has 3 aromatic rings. The maximum atomic E-state index is 6.02.